The van der Waals surface area contributed by atoms with Crippen molar-refractivity contribution in [3.05, 3.63) is 28.5 Å². The molecule has 1 aliphatic rings. The monoisotopic (exact) mass is 569 g/mol. The Morgan fingerprint density at radius 2 is 1.95 bits per heavy atom. The maximum absolute atomic E-state index is 14.3. The third-order valence-corrected chi connectivity index (χ3v) is 8.54. The van der Waals surface area contributed by atoms with Crippen molar-refractivity contribution in [2.75, 3.05) is 18.9 Å². The maximum Gasteiger partial charge on any atom is 0.417 e. The van der Waals surface area contributed by atoms with E-state index in [-0.39, 0.29) is 39.0 Å². The first-order chi connectivity index (χ1) is 18.1. The second-order valence-corrected chi connectivity index (χ2v) is 11.9. The molecule has 0 spiro atoms. The van der Waals surface area contributed by atoms with Crippen LogP contribution < -0.4 is 5.32 Å². The molecule has 1 aliphatic heterocycles. The number of carbonyl (C=O) groups excluding carboxylic acids is 2. The highest BCUT2D eigenvalue weighted by atomic mass is 32.1. The van der Waals surface area contributed by atoms with Gasteiger partial charge in [-0.15, -0.1) is 11.3 Å². The van der Waals surface area contributed by atoms with E-state index in [2.05, 4.69) is 15.3 Å². The number of pyridine rings is 1. The summed E-state index contributed by atoms with van der Waals surface area (Å²) in [5.41, 5.74) is -2.71. The smallest absolute Gasteiger partial charge is 0.388 e. The van der Waals surface area contributed by atoms with E-state index < -0.39 is 35.2 Å². The Morgan fingerprint density at radius 1 is 1.28 bits per heavy atom. The summed E-state index contributed by atoms with van der Waals surface area (Å²) < 4.78 is 43.0. The van der Waals surface area contributed by atoms with E-state index >= 15 is 0 Å². The molecule has 8 nitrogen and oxygen atoms in total. The first kappa shape index (κ1) is 30.8. The van der Waals surface area contributed by atoms with Crippen molar-refractivity contribution in [2.45, 2.75) is 97.1 Å². The predicted octanol–water partition coefficient (Wildman–Crippen LogP) is 5.68. The molecule has 1 saturated heterocycles. The average molecular weight is 570 g/mol. The Hall–Kier alpha value is -2.73. The zero-order chi connectivity index (χ0) is 29.3. The molecule has 39 heavy (non-hydrogen) atoms. The summed E-state index contributed by atoms with van der Waals surface area (Å²) in [4.78, 5) is 38.5. The van der Waals surface area contributed by atoms with E-state index in [1.807, 2.05) is 20.8 Å². The van der Waals surface area contributed by atoms with Crippen molar-refractivity contribution >= 4 is 29.0 Å². The maximum atomic E-state index is 14.3. The third kappa shape index (κ3) is 6.89. The summed E-state index contributed by atoms with van der Waals surface area (Å²) in [5.74, 6) is -1.05. The summed E-state index contributed by atoms with van der Waals surface area (Å²) in [5, 5.41) is 13.2. The standard InChI is InChI=1S/C27H38F3N5O3S/c1-8-15(2)32-20-13-19(27(28,29)30)18(14-31-20)22-21(24(36)35-12-10-9-11-16(35)3)33-23(39-22)25(37)34(7)17(4)26(5,6)38/h13-17,38H,8-12H2,1-7H3,(H,31,32)/t15-,16+,17?/m1/s1. The fourth-order valence-corrected chi connectivity index (χ4v) is 5.44. The lowest BCUT2D eigenvalue weighted by molar-refractivity contribution is -0.137. The van der Waals surface area contributed by atoms with Crippen molar-refractivity contribution in [2.24, 2.45) is 0 Å². The minimum atomic E-state index is -4.75. The van der Waals surface area contributed by atoms with Crippen molar-refractivity contribution in [1.29, 1.82) is 0 Å². The van der Waals surface area contributed by atoms with Gasteiger partial charge in [-0.1, -0.05) is 6.92 Å². The van der Waals surface area contributed by atoms with Crippen LogP contribution in [0.25, 0.3) is 10.4 Å². The molecule has 2 N–H and O–H groups in total. The molecule has 2 aromatic rings. The van der Waals surface area contributed by atoms with Gasteiger partial charge in [0.15, 0.2) is 5.01 Å². The van der Waals surface area contributed by atoms with Crippen LogP contribution in [-0.4, -0.2) is 74.0 Å². The lowest BCUT2D eigenvalue weighted by Gasteiger charge is -2.33. The molecule has 0 bridgehead atoms. The van der Waals surface area contributed by atoms with Crippen LogP contribution >= 0.6 is 11.3 Å². The van der Waals surface area contributed by atoms with E-state index in [0.717, 1.165) is 42.9 Å². The first-order valence-electron chi connectivity index (χ1n) is 13.2. The molecule has 3 atom stereocenters. The summed E-state index contributed by atoms with van der Waals surface area (Å²) >= 11 is 0.733. The Kier molecular flexibility index (Phi) is 9.31. The highest BCUT2D eigenvalue weighted by Gasteiger charge is 2.39. The Morgan fingerprint density at radius 3 is 2.51 bits per heavy atom. The van der Waals surface area contributed by atoms with E-state index in [0.29, 0.717) is 13.0 Å². The molecule has 2 aromatic heterocycles. The van der Waals surface area contributed by atoms with Gasteiger partial charge >= 0.3 is 6.18 Å². The number of piperidine rings is 1. The van der Waals surface area contributed by atoms with Crippen molar-refractivity contribution < 1.29 is 27.9 Å². The normalized spacial score (nSPS) is 18.0. The van der Waals surface area contributed by atoms with E-state index in [1.165, 1.54) is 11.9 Å². The Balaban J connectivity index is 2.18. The Labute approximate surface area is 231 Å². The minimum Gasteiger partial charge on any atom is -0.388 e. The number of likely N-dealkylation sites (N-methyl/N-ethyl adjacent to an activating group) is 1. The number of thiazole rings is 1. The molecular formula is C27H38F3N5O3S. The number of likely N-dealkylation sites (tertiary alicyclic amines) is 1. The lowest BCUT2D eigenvalue weighted by atomic mass is 9.99. The average Bonchev–Trinajstić information content (AvgIpc) is 3.31. The molecule has 0 aromatic carbocycles. The van der Waals surface area contributed by atoms with Crippen LogP contribution in [0, 0.1) is 0 Å². The quantitative estimate of drug-likeness (QED) is 0.425. The summed E-state index contributed by atoms with van der Waals surface area (Å²) in [6.07, 6.45) is -0.468. The number of amides is 2. The van der Waals surface area contributed by atoms with Gasteiger partial charge in [-0.2, -0.15) is 13.2 Å². The van der Waals surface area contributed by atoms with Crippen molar-refractivity contribution in [3.63, 3.8) is 0 Å². The van der Waals surface area contributed by atoms with Crippen LogP contribution in [0.1, 0.15) is 93.1 Å². The predicted molar refractivity (Wildman–Crippen MR) is 146 cm³/mol. The number of alkyl halides is 3. The van der Waals surface area contributed by atoms with Crippen LogP contribution in [0.2, 0.25) is 0 Å². The number of aliphatic hydroxyl groups is 1. The van der Waals surface area contributed by atoms with E-state index in [4.69, 9.17) is 0 Å². The van der Waals surface area contributed by atoms with Gasteiger partial charge in [0, 0.05) is 37.4 Å². The number of rotatable bonds is 8. The van der Waals surface area contributed by atoms with Gasteiger partial charge < -0.3 is 20.2 Å². The number of hydrogen-bond donors (Lipinski definition) is 2. The molecule has 0 radical (unpaired) electrons. The van der Waals surface area contributed by atoms with Gasteiger partial charge in [-0.05, 0) is 66.4 Å². The number of anilines is 1. The molecule has 2 amide bonds. The number of hydrogen-bond acceptors (Lipinski definition) is 7. The van der Waals surface area contributed by atoms with Crippen LogP contribution in [-0.2, 0) is 6.18 Å². The fraction of sp³-hybridized carbons (Fsp3) is 0.630. The lowest BCUT2D eigenvalue weighted by Crippen LogP contribution is -2.48. The van der Waals surface area contributed by atoms with Crippen LogP contribution in [0.4, 0.5) is 19.0 Å². The number of aromatic nitrogens is 2. The van der Waals surface area contributed by atoms with E-state index in [9.17, 15) is 27.9 Å². The number of nitrogens with one attached hydrogen (secondary N) is 1. The SMILES string of the molecule is CC[C@@H](C)Nc1cc(C(F)(F)F)c(-c2sc(C(=O)N(C)C(C)C(C)(C)O)nc2C(=O)N2CCCC[C@@H]2C)cn1. The molecule has 1 fully saturated rings. The zero-order valence-electron chi connectivity index (χ0n) is 23.5. The second-order valence-electron chi connectivity index (χ2n) is 10.9. The van der Waals surface area contributed by atoms with Gasteiger partial charge in [0.1, 0.15) is 11.5 Å². The van der Waals surface area contributed by atoms with Gasteiger partial charge in [0.25, 0.3) is 11.8 Å². The van der Waals surface area contributed by atoms with E-state index in [1.54, 1.807) is 25.7 Å². The number of carbonyl (C=O) groups is 2. The summed E-state index contributed by atoms with van der Waals surface area (Å²) in [6.45, 7) is 10.9. The molecule has 0 saturated carbocycles. The molecule has 3 heterocycles. The molecule has 3 rings (SSSR count). The zero-order valence-corrected chi connectivity index (χ0v) is 24.3. The number of nitrogens with zero attached hydrogens (tertiary/aromatic N) is 4. The molecule has 1 unspecified atom stereocenters. The van der Waals surface area contributed by atoms with Crippen molar-refractivity contribution in [3.8, 4) is 10.4 Å². The fourth-order valence-electron chi connectivity index (χ4n) is 4.38. The van der Waals surface area contributed by atoms with Crippen LogP contribution in [0.15, 0.2) is 12.3 Å². The highest BCUT2D eigenvalue weighted by molar-refractivity contribution is 7.17. The van der Waals surface area contributed by atoms with Crippen LogP contribution in [0.5, 0.6) is 0 Å². The number of halogens is 3. The summed E-state index contributed by atoms with van der Waals surface area (Å²) in [6, 6.07) is 0.100. The van der Waals surface area contributed by atoms with Gasteiger partial charge in [-0.25, -0.2) is 9.97 Å². The molecule has 216 valence electrons. The van der Waals surface area contributed by atoms with Gasteiger partial charge in [-0.3, -0.25) is 9.59 Å². The largest absolute Gasteiger partial charge is 0.417 e. The van der Waals surface area contributed by atoms with Gasteiger partial charge in [0.2, 0.25) is 0 Å². The molecule has 12 heteroatoms. The van der Waals surface area contributed by atoms with Crippen LogP contribution in [0.3, 0.4) is 0 Å². The molecule has 0 aliphatic carbocycles. The first-order valence-corrected chi connectivity index (χ1v) is 14.0. The highest BCUT2D eigenvalue weighted by Crippen LogP contribution is 2.42. The van der Waals surface area contributed by atoms with Crippen molar-refractivity contribution in [1.82, 2.24) is 19.8 Å². The second kappa shape index (κ2) is 11.8. The topological polar surface area (TPSA) is 98.7 Å². The minimum absolute atomic E-state index is 0.0552. The summed E-state index contributed by atoms with van der Waals surface area (Å²) in [7, 11) is 1.48. The third-order valence-electron chi connectivity index (χ3n) is 7.46. The Bertz CT molecular complexity index is 1190. The molecular weight excluding hydrogens is 531 g/mol. The van der Waals surface area contributed by atoms with Gasteiger partial charge in [0.05, 0.1) is 22.1 Å².